The molecule has 0 aliphatic rings. The average Bonchev–Trinajstić information content (AvgIpc) is 2.55. The van der Waals surface area contributed by atoms with Crippen molar-refractivity contribution < 1.29 is 18.0 Å². The van der Waals surface area contributed by atoms with E-state index in [0.29, 0.717) is 21.4 Å². The Morgan fingerprint density at radius 1 is 1.24 bits per heavy atom. The van der Waals surface area contributed by atoms with E-state index in [1.165, 1.54) is 0 Å². The molecule has 0 aliphatic heterocycles. The summed E-state index contributed by atoms with van der Waals surface area (Å²) in [6.45, 7) is 1.78. The minimum absolute atomic E-state index is 0.0120. The van der Waals surface area contributed by atoms with Crippen molar-refractivity contribution in [3.05, 3.63) is 57.2 Å². The molecule has 2 aromatic rings. The van der Waals surface area contributed by atoms with Gasteiger partial charge in [-0.05, 0) is 29.5 Å². The van der Waals surface area contributed by atoms with Gasteiger partial charge in [0.25, 0.3) is 5.91 Å². The topological polar surface area (TPSA) is 42.0 Å². The Morgan fingerprint density at radius 2 is 1.96 bits per heavy atom. The Morgan fingerprint density at radius 3 is 2.56 bits per heavy atom. The van der Waals surface area contributed by atoms with Gasteiger partial charge < -0.3 is 5.32 Å². The number of hydrogen-bond acceptors (Lipinski definition) is 3. The summed E-state index contributed by atoms with van der Waals surface area (Å²) in [7, 11) is 0. The van der Waals surface area contributed by atoms with Crippen LogP contribution >= 0.6 is 35.0 Å². The van der Waals surface area contributed by atoms with Crippen LogP contribution in [0.15, 0.2) is 35.5 Å². The third-order valence-corrected chi connectivity index (χ3v) is 4.78. The monoisotopic (exact) mass is 408 g/mol. The Hall–Kier alpha value is -1.44. The first kappa shape index (κ1) is 19.9. The number of rotatable bonds is 5. The summed E-state index contributed by atoms with van der Waals surface area (Å²) >= 11 is 12.8. The molecule has 1 heterocycles. The second-order valence-corrected chi connectivity index (χ2v) is 6.97. The Kier molecular flexibility index (Phi) is 6.59. The summed E-state index contributed by atoms with van der Waals surface area (Å²) in [4.78, 5) is 16.3. The maximum Gasteiger partial charge on any atom is 0.417 e. The van der Waals surface area contributed by atoms with Crippen molar-refractivity contribution in [2.75, 3.05) is 5.75 Å². The molecule has 1 aromatic carbocycles. The molecule has 2 rings (SSSR count). The molecule has 134 valence electrons. The number of amides is 1. The van der Waals surface area contributed by atoms with E-state index < -0.39 is 23.2 Å². The molecule has 1 amide bonds. The summed E-state index contributed by atoms with van der Waals surface area (Å²) in [5, 5.41) is 3.18. The Bertz CT molecular complexity index is 784. The summed E-state index contributed by atoms with van der Waals surface area (Å²) < 4.78 is 39.7. The number of hydrogen-bond donors (Lipinski definition) is 1. The third kappa shape index (κ3) is 5.03. The van der Waals surface area contributed by atoms with Gasteiger partial charge in [-0.1, -0.05) is 36.2 Å². The number of aromatic nitrogens is 1. The molecule has 0 radical (unpaired) electrons. The SMILES string of the molecule is CCSc1nccc(C(F)(F)F)c1C(=O)NCc1ccc(Cl)c(Cl)c1. The van der Waals surface area contributed by atoms with E-state index in [-0.39, 0.29) is 11.6 Å². The van der Waals surface area contributed by atoms with E-state index in [1.807, 2.05) is 0 Å². The first-order valence-corrected chi connectivity index (χ1v) is 8.89. The quantitative estimate of drug-likeness (QED) is 0.668. The zero-order valence-electron chi connectivity index (χ0n) is 13.0. The number of carbonyl (C=O) groups excluding carboxylic acids is 1. The highest BCUT2D eigenvalue weighted by Gasteiger charge is 2.37. The molecule has 25 heavy (non-hydrogen) atoms. The number of alkyl halides is 3. The molecule has 1 aromatic heterocycles. The van der Waals surface area contributed by atoms with Crippen LogP contribution in [0.5, 0.6) is 0 Å². The number of pyridine rings is 1. The first-order chi connectivity index (χ1) is 11.7. The molecule has 0 spiro atoms. The van der Waals surface area contributed by atoms with Crippen molar-refractivity contribution >= 4 is 40.9 Å². The predicted molar refractivity (Wildman–Crippen MR) is 93.3 cm³/mol. The summed E-state index contributed by atoms with van der Waals surface area (Å²) in [5.74, 6) is -0.357. The molecule has 0 bridgehead atoms. The van der Waals surface area contributed by atoms with Crippen molar-refractivity contribution in [1.29, 1.82) is 0 Å². The maximum absolute atomic E-state index is 13.2. The fraction of sp³-hybridized carbons (Fsp3) is 0.250. The smallest absolute Gasteiger partial charge is 0.348 e. The van der Waals surface area contributed by atoms with Crippen LogP contribution in [-0.4, -0.2) is 16.6 Å². The largest absolute Gasteiger partial charge is 0.417 e. The lowest BCUT2D eigenvalue weighted by atomic mass is 10.1. The molecule has 0 unspecified atom stereocenters. The number of thioether (sulfide) groups is 1. The van der Waals surface area contributed by atoms with Gasteiger partial charge in [-0.3, -0.25) is 4.79 Å². The zero-order valence-corrected chi connectivity index (χ0v) is 15.3. The zero-order chi connectivity index (χ0) is 18.6. The molecule has 0 fully saturated rings. The lowest BCUT2D eigenvalue weighted by Crippen LogP contribution is -2.27. The molecule has 1 N–H and O–H groups in total. The first-order valence-electron chi connectivity index (χ1n) is 7.15. The van der Waals surface area contributed by atoms with Gasteiger partial charge in [0.15, 0.2) is 0 Å². The lowest BCUT2D eigenvalue weighted by molar-refractivity contribution is -0.138. The van der Waals surface area contributed by atoms with Crippen LogP contribution in [0, 0.1) is 0 Å². The van der Waals surface area contributed by atoms with Crippen LogP contribution in [-0.2, 0) is 12.7 Å². The van der Waals surface area contributed by atoms with Gasteiger partial charge in [-0.15, -0.1) is 11.8 Å². The van der Waals surface area contributed by atoms with Gasteiger partial charge in [0.2, 0.25) is 0 Å². The highest BCUT2D eigenvalue weighted by atomic mass is 35.5. The molecular weight excluding hydrogens is 396 g/mol. The van der Waals surface area contributed by atoms with Crippen LogP contribution < -0.4 is 5.32 Å². The van der Waals surface area contributed by atoms with E-state index >= 15 is 0 Å². The summed E-state index contributed by atoms with van der Waals surface area (Å²) in [6, 6.07) is 5.52. The second kappa shape index (κ2) is 8.29. The van der Waals surface area contributed by atoms with Gasteiger partial charge in [0.05, 0.1) is 21.2 Å². The van der Waals surface area contributed by atoms with Crippen LogP contribution in [0.4, 0.5) is 13.2 Å². The number of halogens is 5. The van der Waals surface area contributed by atoms with E-state index in [0.717, 1.165) is 24.0 Å². The van der Waals surface area contributed by atoms with Gasteiger partial charge in [-0.25, -0.2) is 4.98 Å². The molecule has 0 atom stereocenters. The highest BCUT2D eigenvalue weighted by Crippen LogP contribution is 2.35. The van der Waals surface area contributed by atoms with E-state index in [1.54, 1.807) is 25.1 Å². The standard InChI is InChI=1S/C16H13Cl2F3N2OS/c1-2-25-15-13(10(5-6-22-15)16(19,20)21)14(24)23-8-9-3-4-11(17)12(18)7-9/h3-7H,2,8H2,1H3,(H,23,24). The third-order valence-electron chi connectivity index (χ3n) is 3.17. The summed E-state index contributed by atoms with van der Waals surface area (Å²) in [6.07, 6.45) is -3.60. The average molecular weight is 409 g/mol. The second-order valence-electron chi connectivity index (χ2n) is 4.90. The minimum Gasteiger partial charge on any atom is -0.348 e. The van der Waals surface area contributed by atoms with Crippen LogP contribution in [0.3, 0.4) is 0 Å². The van der Waals surface area contributed by atoms with Crippen molar-refractivity contribution in [2.45, 2.75) is 24.7 Å². The van der Waals surface area contributed by atoms with Gasteiger partial charge in [0, 0.05) is 12.7 Å². The Labute approximate surface area is 156 Å². The van der Waals surface area contributed by atoms with Gasteiger partial charge >= 0.3 is 6.18 Å². The normalized spacial score (nSPS) is 11.4. The maximum atomic E-state index is 13.2. The molecular formula is C16H13Cl2F3N2OS. The van der Waals surface area contributed by atoms with Crippen LogP contribution in [0.2, 0.25) is 10.0 Å². The van der Waals surface area contributed by atoms with Crippen molar-refractivity contribution in [3.63, 3.8) is 0 Å². The van der Waals surface area contributed by atoms with E-state index in [9.17, 15) is 18.0 Å². The number of carbonyl (C=O) groups is 1. The Balaban J connectivity index is 2.29. The molecule has 0 aliphatic carbocycles. The lowest BCUT2D eigenvalue weighted by Gasteiger charge is -2.15. The van der Waals surface area contributed by atoms with Crippen molar-refractivity contribution in [2.24, 2.45) is 0 Å². The molecule has 3 nitrogen and oxygen atoms in total. The van der Waals surface area contributed by atoms with Crippen molar-refractivity contribution in [3.8, 4) is 0 Å². The van der Waals surface area contributed by atoms with Crippen LogP contribution in [0.25, 0.3) is 0 Å². The highest BCUT2D eigenvalue weighted by molar-refractivity contribution is 7.99. The van der Waals surface area contributed by atoms with Crippen molar-refractivity contribution in [1.82, 2.24) is 10.3 Å². The van der Waals surface area contributed by atoms with Gasteiger partial charge in [-0.2, -0.15) is 13.2 Å². The predicted octanol–water partition coefficient (Wildman–Crippen LogP) is 5.45. The molecule has 0 saturated carbocycles. The fourth-order valence-electron chi connectivity index (χ4n) is 2.06. The number of nitrogens with zero attached hydrogens (tertiary/aromatic N) is 1. The molecule has 9 heteroatoms. The van der Waals surface area contributed by atoms with E-state index in [2.05, 4.69) is 10.3 Å². The van der Waals surface area contributed by atoms with Gasteiger partial charge in [0.1, 0.15) is 5.03 Å². The fourth-order valence-corrected chi connectivity index (χ4v) is 3.14. The molecule has 0 saturated heterocycles. The number of benzene rings is 1. The minimum atomic E-state index is -4.65. The summed E-state index contributed by atoms with van der Waals surface area (Å²) in [5.41, 5.74) is -0.864. The van der Waals surface area contributed by atoms with E-state index in [4.69, 9.17) is 23.2 Å². The number of nitrogens with one attached hydrogen (secondary N) is 1. The van der Waals surface area contributed by atoms with Crippen LogP contribution in [0.1, 0.15) is 28.4 Å².